The summed E-state index contributed by atoms with van der Waals surface area (Å²) in [6.07, 6.45) is 0. The average molecular weight is 232 g/mol. The van der Waals surface area contributed by atoms with Crippen LogP contribution in [0, 0.1) is 11.3 Å². The van der Waals surface area contributed by atoms with E-state index in [0.717, 1.165) is 0 Å². The van der Waals surface area contributed by atoms with Crippen molar-refractivity contribution < 1.29 is 9.53 Å². The Hall–Kier alpha value is -1.86. The molecule has 0 fully saturated rings. The van der Waals surface area contributed by atoms with Crippen molar-refractivity contribution in [3.63, 3.8) is 0 Å². The normalized spacial score (nSPS) is 10.7. The molecule has 4 nitrogen and oxygen atoms in total. The Kier molecular flexibility index (Phi) is 4.24. The van der Waals surface area contributed by atoms with E-state index in [-0.39, 0.29) is 5.91 Å². The van der Waals surface area contributed by atoms with E-state index in [1.165, 1.54) is 0 Å². The minimum Gasteiger partial charge on any atom is -0.382 e. The van der Waals surface area contributed by atoms with Gasteiger partial charge in [0.05, 0.1) is 23.8 Å². The monoisotopic (exact) mass is 232 g/mol. The SMILES string of the molecule is COCC(C)(C)NC(=O)c1cccc(C#N)c1. The van der Waals surface area contributed by atoms with Gasteiger partial charge in [0.15, 0.2) is 0 Å². The third kappa shape index (κ3) is 3.89. The first-order valence-electron chi connectivity index (χ1n) is 5.30. The molecule has 0 bridgehead atoms. The number of hydrogen-bond donors (Lipinski definition) is 1. The summed E-state index contributed by atoms with van der Waals surface area (Å²) in [5, 5.41) is 11.6. The number of nitriles is 1. The van der Waals surface area contributed by atoms with Crippen LogP contribution in [-0.4, -0.2) is 25.2 Å². The Labute approximate surface area is 101 Å². The molecule has 0 atom stereocenters. The van der Waals surface area contributed by atoms with Crippen molar-refractivity contribution in [2.75, 3.05) is 13.7 Å². The van der Waals surface area contributed by atoms with Crippen LogP contribution in [0.3, 0.4) is 0 Å². The highest BCUT2D eigenvalue weighted by Gasteiger charge is 2.20. The molecule has 0 spiro atoms. The molecule has 0 heterocycles. The van der Waals surface area contributed by atoms with E-state index in [4.69, 9.17) is 10.00 Å². The maximum atomic E-state index is 11.9. The van der Waals surface area contributed by atoms with E-state index in [1.54, 1.807) is 31.4 Å². The van der Waals surface area contributed by atoms with Crippen molar-refractivity contribution in [3.8, 4) is 6.07 Å². The Morgan fingerprint density at radius 3 is 2.82 bits per heavy atom. The molecule has 17 heavy (non-hydrogen) atoms. The first-order chi connectivity index (χ1) is 7.98. The number of methoxy groups -OCH3 is 1. The van der Waals surface area contributed by atoms with Crippen LogP contribution in [0.5, 0.6) is 0 Å². The largest absolute Gasteiger partial charge is 0.382 e. The predicted molar refractivity (Wildman–Crippen MR) is 64.6 cm³/mol. The number of amides is 1. The van der Waals surface area contributed by atoms with Crippen LogP contribution in [0.25, 0.3) is 0 Å². The fourth-order valence-corrected chi connectivity index (χ4v) is 1.51. The second-order valence-corrected chi connectivity index (χ2v) is 4.46. The first kappa shape index (κ1) is 13.2. The van der Waals surface area contributed by atoms with Crippen LogP contribution in [-0.2, 0) is 4.74 Å². The summed E-state index contributed by atoms with van der Waals surface area (Å²) >= 11 is 0. The van der Waals surface area contributed by atoms with Gasteiger partial charge in [0.1, 0.15) is 0 Å². The van der Waals surface area contributed by atoms with E-state index < -0.39 is 5.54 Å². The van der Waals surface area contributed by atoms with Crippen LogP contribution >= 0.6 is 0 Å². The van der Waals surface area contributed by atoms with Gasteiger partial charge in [-0.3, -0.25) is 4.79 Å². The van der Waals surface area contributed by atoms with E-state index >= 15 is 0 Å². The lowest BCUT2D eigenvalue weighted by atomic mass is 10.1. The predicted octanol–water partition coefficient (Wildman–Crippen LogP) is 1.71. The highest BCUT2D eigenvalue weighted by atomic mass is 16.5. The number of carbonyl (C=O) groups is 1. The highest BCUT2D eigenvalue weighted by Crippen LogP contribution is 2.08. The van der Waals surface area contributed by atoms with Gasteiger partial charge >= 0.3 is 0 Å². The molecule has 0 saturated carbocycles. The lowest BCUT2D eigenvalue weighted by Gasteiger charge is -2.25. The molecular weight excluding hydrogens is 216 g/mol. The van der Waals surface area contributed by atoms with E-state index in [2.05, 4.69) is 5.32 Å². The van der Waals surface area contributed by atoms with Crippen molar-refractivity contribution in [3.05, 3.63) is 35.4 Å². The molecule has 4 heteroatoms. The maximum absolute atomic E-state index is 11.9. The number of nitrogens with one attached hydrogen (secondary N) is 1. The fraction of sp³-hybridized carbons (Fsp3) is 0.385. The Bertz CT molecular complexity index is 447. The van der Waals surface area contributed by atoms with Gasteiger partial charge in [0.25, 0.3) is 5.91 Å². The van der Waals surface area contributed by atoms with Gasteiger partial charge in [-0.25, -0.2) is 0 Å². The van der Waals surface area contributed by atoms with Gasteiger partial charge in [-0.15, -0.1) is 0 Å². The third-order valence-corrected chi connectivity index (χ3v) is 2.21. The molecule has 1 aromatic carbocycles. The van der Waals surface area contributed by atoms with Crippen LogP contribution < -0.4 is 5.32 Å². The molecule has 1 N–H and O–H groups in total. The zero-order valence-corrected chi connectivity index (χ0v) is 10.3. The summed E-state index contributed by atoms with van der Waals surface area (Å²) in [4.78, 5) is 11.9. The van der Waals surface area contributed by atoms with E-state index in [9.17, 15) is 4.79 Å². The molecule has 0 aromatic heterocycles. The number of nitrogens with zero attached hydrogens (tertiary/aromatic N) is 1. The zero-order valence-electron chi connectivity index (χ0n) is 10.3. The standard InChI is InChI=1S/C13H16N2O2/c1-13(2,9-17-3)15-12(16)11-6-4-5-10(7-11)8-14/h4-7H,9H2,1-3H3,(H,15,16). The molecule has 1 aromatic rings. The minimum atomic E-state index is -0.436. The molecular formula is C13H16N2O2. The van der Waals surface area contributed by atoms with Crippen LogP contribution in [0.2, 0.25) is 0 Å². The fourth-order valence-electron chi connectivity index (χ4n) is 1.51. The topological polar surface area (TPSA) is 62.1 Å². The van der Waals surface area contributed by atoms with Gasteiger partial charge in [0.2, 0.25) is 0 Å². The Morgan fingerprint density at radius 1 is 1.53 bits per heavy atom. The molecule has 90 valence electrons. The first-order valence-corrected chi connectivity index (χ1v) is 5.30. The molecule has 1 amide bonds. The van der Waals surface area contributed by atoms with Gasteiger partial charge in [0, 0.05) is 12.7 Å². The molecule has 0 aliphatic rings. The van der Waals surface area contributed by atoms with Crippen molar-refractivity contribution in [1.29, 1.82) is 5.26 Å². The summed E-state index contributed by atoms with van der Waals surface area (Å²) in [6, 6.07) is 8.61. The number of ether oxygens (including phenoxy) is 1. The van der Waals surface area contributed by atoms with Gasteiger partial charge < -0.3 is 10.1 Å². The third-order valence-electron chi connectivity index (χ3n) is 2.21. The van der Waals surface area contributed by atoms with Crippen molar-refractivity contribution in [2.24, 2.45) is 0 Å². The Morgan fingerprint density at radius 2 is 2.24 bits per heavy atom. The summed E-state index contributed by atoms with van der Waals surface area (Å²) in [5.41, 5.74) is 0.518. The smallest absolute Gasteiger partial charge is 0.251 e. The van der Waals surface area contributed by atoms with Crippen LogP contribution in [0.4, 0.5) is 0 Å². The van der Waals surface area contributed by atoms with Crippen LogP contribution in [0.1, 0.15) is 29.8 Å². The van der Waals surface area contributed by atoms with Crippen molar-refractivity contribution in [1.82, 2.24) is 5.32 Å². The van der Waals surface area contributed by atoms with Crippen molar-refractivity contribution in [2.45, 2.75) is 19.4 Å². The minimum absolute atomic E-state index is 0.204. The Balaban J connectivity index is 2.80. The molecule has 0 aliphatic carbocycles. The molecule has 0 unspecified atom stereocenters. The summed E-state index contributed by atoms with van der Waals surface area (Å²) < 4.78 is 5.02. The number of rotatable bonds is 4. The summed E-state index contributed by atoms with van der Waals surface area (Å²) in [6.45, 7) is 4.18. The molecule has 1 rings (SSSR count). The second-order valence-electron chi connectivity index (χ2n) is 4.46. The van der Waals surface area contributed by atoms with Gasteiger partial charge in [-0.05, 0) is 32.0 Å². The zero-order chi connectivity index (χ0) is 12.9. The second kappa shape index (κ2) is 5.46. The van der Waals surface area contributed by atoms with Gasteiger partial charge in [-0.1, -0.05) is 6.07 Å². The number of benzene rings is 1. The van der Waals surface area contributed by atoms with Crippen molar-refractivity contribution >= 4 is 5.91 Å². The lowest BCUT2D eigenvalue weighted by Crippen LogP contribution is -2.46. The summed E-state index contributed by atoms with van der Waals surface area (Å²) in [7, 11) is 1.59. The van der Waals surface area contributed by atoms with E-state index in [1.807, 2.05) is 19.9 Å². The highest BCUT2D eigenvalue weighted by molar-refractivity contribution is 5.95. The van der Waals surface area contributed by atoms with Gasteiger partial charge in [-0.2, -0.15) is 5.26 Å². The lowest BCUT2D eigenvalue weighted by molar-refractivity contribution is 0.0820. The number of hydrogen-bond acceptors (Lipinski definition) is 3. The summed E-state index contributed by atoms with van der Waals surface area (Å²) in [5.74, 6) is -0.204. The van der Waals surface area contributed by atoms with Crippen LogP contribution in [0.15, 0.2) is 24.3 Å². The molecule has 0 radical (unpaired) electrons. The maximum Gasteiger partial charge on any atom is 0.251 e. The number of carbonyl (C=O) groups excluding carboxylic acids is 1. The molecule has 0 aliphatic heterocycles. The van der Waals surface area contributed by atoms with E-state index in [0.29, 0.717) is 17.7 Å². The quantitative estimate of drug-likeness (QED) is 0.859. The average Bonchev–Trinajstić information content (AvgIpc) is 2.28. The molecule has 0 saturated heterocycles.